The van der Waals surface area contributed by atoms with E-state index in [1.54, 1.807) is 18.4 Å². The maximum absolute atomic E-state index is 12.1. The summed E-state index contributed by atoms with van der Waals surface area (Å²) in [5, 5.41) is 8.41. The van der Waals surface area contributed by atoms with Crippen LogP contribution in [0.15, 0.2) is 17.5 Å². The van der Waals surface area contributed by atoms with Gasteiger partial charge in [-0.1, -0.05) is 17.4 Å². The molecule has 2 aromatic rings. The van der Waals surface area contributed by atoms with E-state index in [4.69, 9.17) is 5.73 Å². The van der Waals surface area contributed by atoms with Gasteiger partial charge in [0.25, 0.3) is 5.91 Å². The Hall–Kier alpha value is -1.60. The molecular formula is C11H14N4OS2. The average molecular weight is 282 g/mol. The van der Waals surface area contributed by atoms with Crippen LogP contribution in [0.4, 0.5) is 10.9 Å². The Kier molecular flexibility index (Phi) is 3.83. The first kappa shape index (κ1) is 12.8. The molecule has 96 valence electrons. The number of carbonyl (C=O) groups is 1. The zero-order valence-electron chi connectivity index (χ0n) is 10.1. The van der Waals surface area contributed by atoms with Crippen LogP contribution in [-0.4, -0.2) is 17.9 Å². The predicted molar refractivity (Wildman–Crippen MR) is 76.3 cm³/mol. The molecular weight excluding hydrogens is 268 g/mol. The molecule has 0 saturated heterocycles. The van der Waals surface area contributed by atoms with Crippen molar-refractivity contribution in [3.63, 3.8) is 0 Å². The predicted octanol–water partition coefficient (Wildman–Crippen LogP) is 2.32. The summed E-state index contributed by atoms with van der Waals surface area (Å²) in [4.78, 5) is 17.7. The van der Waals surface area contributed by atoms with Gasteiger partial charge in [-0.2, -0.15) is 0 Å². The number of rotatable bonds is 4. The van der Waals surface area contributed by atoms with Crippen molar-refractivity contribution >= 4 is 39.5 Å². The van der Waals surface area contributed by atoms with E-state index < -0.39 is 0 Å². The third kappa shape index (κ3) is 2.62. The van der Waals surface area contributed by atoms with Crippen LogP contribution in [0, 0.1) is 0 Å². The van der Waals surface area contributed by atoms with Gasteiger partial charge < -0.3 is 16.4 Å². The van der Waals surface area contributed by atoms with E-state index in [1.165, 1.54) is 11.3 Å². The van der Waals surface area contributed by atoms with E-state index in [0.717, 1.165) is 4.88 Å². The second-order valence-corrected chi connectivity index (χ2v) is 5.67. The highest BCUT2D eigenvalue weighted by atomic mass is 32.1. The summed E-state index contributed by atoms with van der Waals surface area (Å²) in [6.07, 6.45) is 0. The SMILES string of the molecule is CNc1nc(N)c(C(=O)NC(C)c2cccs2)s1. The van der Waals surface area contributed by atoms with Crippen molar-refractivity contribution in [2.75, 3.05) is 18.1 Å². The Morgan fingerprint density at radius 1 is 1.56 bits per heavy atom. The molecule has 0 aromatic carbocycles. The number of thiophene rings is 1. The van der Waals surface area contributed by atoms with Gasteiger partial charge in [0, 0.05) is 11.9 Å². The van der Waals surface area contributed by atoms with Crippen LogP contribution >= 0.6 is 22.7 Å². The third-order valence-electron chi connectivity index (χ3n) is 2.39. The van der Waals surface area contributed by atoms with Crippen LogP contribution in [0.1, 0.15) is 27.5 Å². The normalized spacial score (nSPS) is 12.1. The number of aromatic nitrogens is 1. The summed E-state index contributed by atoms with van der Waals surface area (Å²) in [5.74, 6) is 0.0765. The summed E-state index contributed by atoms with van der Waals surface area (Å²) < 4.78 is 0. The molecule has 0 aliphatic heterocycles. The van der Waals surface area contributed by atoms with Crippen molar-refractivity contribution in [3.8, 4) is 0 Å². The molecule has 0 spiro atoms. The Morgan fingerprint density at radius 3 is 2.89 bits per heavy atom. The minimum atomic E-state index is -0.188. The minimum Gasteiger partial charge on any atom is -0.382 e. The maximum Gasteiger partial charge on any atom is 0.265 e. The van der Waals surface area contributed by atoms with Crippen LogP contribution in [0.3, 0.4) is 0 Å². The molecule has 2 rings (SSSR count). The van der Waals surface area contributed by atoms with Crippen molar-refractivity contribution in [1.82, 2.24) is 10.3 Å². The second kappa shape index (κ2) is 5.36. The quantitative estimate of drug-likeness (QED) is 0.804. The van der Waals surface area contributed by atoms with Crippen molar-refractivity contribution in [2.24, 2.45) is 0 Å². The monoisotopic (exact) mass is 282 g/mol. The standard InChI is InChI=1S/C11H14N4OS2/c1-6(7-4-3-5-17-7)14-10(16)8-9(12)15-11(13-2)18-8/h3-6H,12H2,1-2H3,(H,13,15)(H,14,16). The zero-order valence-corrected chi connectivity index (χ0v) is 11.7. The minimum absolute atomic E-state index is 0.0305. The molecule has 18 heavy (non-hydrogen) atoms. The lowest BCUT2D eigenvalue weighted by Gasteiger charge is -2.11. The van der Waals surface area contributed by atoms with Gasteiger partial charge in [-0.3, -0.25) is 4.79 Å². The van der Waals surface area contributed by atoms with Gasteiger partial charge >= 0.3 is 0 Å². The number of amides is 1. The van der Waals surface area contributed by atoms with E-state index in [9.17, 15) is 4.79 Å². The molecule has 2 aromatic heterocycles. The fourth-order valence-corrected chi connectivity index (χ4v) is 2.95. The number of nitrogens with two attached hydrogens (primary N) is 1. The van der Waals surface area contributed by atoms with Crippen molar-refractivity contribution in [3.05, 3.63) is 27.3 Å². The highest BCUT2D eigenvalue weighted by molar-refractivity contribution is 7.18. The van der Waals surface area contributed by atoms with Crippen LogP contribution in [0.2, 0.25) is 0 Å². The maximum atomic E-state index is 12.1. The lowest BCUT2D eigenvalue weighted by Crippen LogP contribution is -2.26. The van der Waals surface area contributed by atoms with Gasteiger partial charge in [0.05, 0.1) is 6.04 Å². The summed E-state index contributed by atoms with van der Waals surface area (Å²) in [6.45, 7) is 1.94. The molecule has 4 N–H and O–H groups in total. The van der Waals surface area contributed by atoms with Gasteiger partial charge in [0.1, 0.15) is 10.7 Å². The van der Waals surface area contributed by atoms with E-state index in [1.807, 2.05) is 24.4 Å². The van der Waals surface area contributed by atoms with Gasteiger partial charge in [-0.25, -0.2) is 4.98 Å². The number of anilines is 2. The number of carbonyl (C=O) groups excluding carboxylic acids is 1. The van der Waals surface area contributed by atoms with Gasteiger partial charge in [-0.05, 0) is 18.4 Å². The van der Waals surface area contributed by atoms with Crippen LogP contribution < -0.4 is 16.4 Å². The molecule has 2 heterocycles. The van der Waals surface area contributed by atoms with Gasteiger partial charge in [0.2, 0.25) is 0 Å². The first-order valence-electron chi connectivity index (χ1n) is 5.40. The van der Waals surface area contributed by atoms with Crippen LogP contribution in [0.25, 0.3) is 0 Å². The Bertz CT molecular complexity index is 535. The molecule has 1 atom stereocenters. The number of hydrogen-bond acceptors (Lipinski definition) is 6. The fraction of sp³-hybridized carbons (Fsp3) is 0.273. The smallest absolute Gasteiger partial charge is 0.265 e. The van der Waals surface area contributed by atoms with Crippen molar-refractivity contribution < 1.29 is 4.79 Å². The van der Waals surface area contributed by atoms with Crippen molar-refractivity contribution in [1.29, 1.82) is 0 Å². The molecule has 0 saturated carbocycles. The number of nitrogens with one attached hydrogen (secondary N) is 2. The van der Waals surface area contributed by atoms with Gasteiger partial charge in [0.15, 0.2) is 5.13 Å². The highest BCUT2D eigenvalue weighted by Gasteiger charge is 2.18. The molecule has 0 fully saturated rings. The van der Waals surface area contributed by atoms with E-state index in [2.05, 4.69) is 15.6 Å². The molecule has 0 aliphatic rings. The van der Waals surface area contributed by atoms with E-state index >= 15 is 0 Å². The Labute approximate surface area is 113 Å². The molecule has 0 radical (unpaired) electrons. The van der Waals surface area contributed by atoms with Crippen molar-refractivity contribution in [2.45, 2.75) is 13.0 Å². The Morgan fingerprint density at radius 2 is 2.33 bits per heavy atom. The number of thiazole rings is 1. The molecule has 1 unspecified atom stereocenters. The summed E-state index contributed by atoms with van der Waals surface area (Å²) >= 11 is 2.86. The third-order valence-corrected chi connectivity index (χ3v) is 4.53. The highest BCUT2D eigenvalue weighted by Crippen LogP contribution is 2.25. The molecule has 7 heteroatoms. The van der Waals surface area contributed by atoms with E-state index in [0.29, 0.717) is 10.0 Å². The van der Waals surface area contributed by atoms with Crippen LogP contribution in [0.5, 0.6) is 0 Å². The largest absolute Gasteiger partial charge is 0.382 e. The molecule has 0 bridgehead atoms. The number of nitrogens with zero attached hydrogens (tertiary/aromatic N) is 1. The zero-order chi connectivity index (χ0) is 13.1. The van der Waals surface area contributed by atoms with E-state index in [-0.39, 0.29) is 17.8 Å². The van der Waals surface area contributed by atoms with Gasteiger partial charge in [-0.15, -0.1) is 11.3 Å². The lowest BCUT2D eigenvalue weighted by molar-refractivity contribution is 0.0945. The molecule has 5 nitrogen and oxygen atoms in total. The number of hydrogen-bond donors (Lipinski definition) is 3. The topological polar surface area (TPSA) is 80.0 Å². The average Bonchev–Trinajstić information content (AvgIpc) is 2.97. The Balaban J connectivity index is 2.09. The first-order chi connectivity index (χ1) is 8.61. The first-order valence-corrected chi connectivity index (χ1v) is 7.09. The second-order valence-electron chi connectivity index (χ2n) is 3.69. The summed E-state index contributed by atoms with van der Waals surface area (Å²) in [6, 6.07) is 3.92. The summed E-state index contributed by atoms with van der Waals surface area (Å²) in [5.41, 5.74) is 5.71. The fourth-order valence-electron chi connectivity index (χ4n) is 1.47. The molecule has 0 aliphatic carbocycles. The van der Waals surface area contributed by atoms with Crippen LogP contribution in [-0.2, 0) is 0 Å². The lowest BCUT2D eigenvalue weighted by atomic mass is 10.2. The molecule has 1 amide bonds. The summed E-state index contributed by atoms with van der Waals surface area (Å²) in [7, 11) is 1.74. The number of nitrogen functional groups attached to an aromatic ring is 1.